The fourth-order valence-electron chi connectivity index (χ4n) is 2.00. The van der Waals surface area contributed by atoms with Crippen molar-refractivity contribution in [2.45, 2.75) is 51.0 Å². The molecule has 1 aromatic carbocycles. The summed E-state index contributed by atoms with van der Waals surface area (Å²) < 4.78 is 24.3. The molecule has 0 saturated carbocycles. The Labute approximate surface area is 117 Å². The lowest BCUT2D eigenvalue weighted by atomic mass is 10.2. The van der Waals surface area contributed by atoms with Gasteiger partial charge in [-0.25, -0.2) is 8.42 Å². The topological polar surface area (TPSA) is 46.2 Å². The van der Waals surface area contributed by atoms with Crippen molar-refractivity contribution >= 4 is 9.84 Å². The molecule has 1 atom stereocenters. The minimum absolute atomic E-state index is 0.231. The van der Waals surface area contributed by atoms with Crippen molar-refractivity contribution in [3.8, 4) is 0 Å². The maximum Gasteiger partial charge on any atom is 0.178 e. The van der Waals surface area contributed by atoms with Crippen molar-refractivity contribution in [3.05, 3.63) is 29.8 Å². The van der Waals surface area contributed by atoms with Gasteiger partial charge in [0, 0.05) is 6.04 Å². The van der Waals surface area contributed by atoms with Gasteiger partial charge in [0.25, 0.3) is 0 Å². The highest BCUT2D eigenvalue weighted by atomic mass is 32.2. The Balaban J connectivity index is 2.48. The molecule has 108 valence electrons. The van der Waals surface area contributed by atoms with Crippen LogP contribution in [0.5, 0.6) is 0 Å². The van der Waals surface area contributed by atoms with Gasteiger partial charge in [-0.1, -0.05) is 19.1 Å². The van der Waals surface area contributed by atoms with Crippen LogP contribution < -0.4 is 5.32 Å². The van der Waals surface area contributed by atoms with E-state index in [-0.39, 0.29) is 5.75 Å². The summed E-state index contributed by atoms with van der Waals surface area (Å²) in [7, 11) is -3.13. The van der Waals surface area contributed by atoms with Crippen LogP contribution in [-0.2, 0) is 9.84 Å². The lowest BCUT2D eigenvalue weighted by molar-refractivity contribution is 0.506. The van der Waals surface area contributed by atoms with E-state index in [1.807, 2.05) is 13.0 Å². The number of benzene rings is 1. The lowest BCUT2D eigenvalue weighted by Crippen LogP contribution is -2.27. The molecule has 0 heterocycles. The van der Waals surface area contributed by atoms with Crippen LogP contribution in [0.3, 0.4) is 0 Å². The Morgan fingerprint density at radius 2 is 2.05 bits per heavy atom. The van der Waals surface area contributed by atoms with Crippen LogP contribution >= 0.6 is 0 Å². The van der Waals surface area contributed by atoms with E-state index < -0.39 is 9.84 Å². The second-order valence-corrected chi connectivity index (χ2v) is 7.24. The average Bonchev–Trinajstić information content (AvgIpc) is 2.36. The van der Waals surface area contributed by atoms with Gasteiger partial charge in [-0.15, -0.1) is 0 Å². The average molecular weight is 283 g/mol. The number of sulfone groups is 1. The zero-order valence-electron chi connectivity index (χ0n) is 12.1. The highest BCUT2D eigenvalue weighted by molar-refractivity contribution is 7.91. The molecule has 0 radical (unpaired) electrons. The van der Waals surface area contributed by atoms with E-state index in [9.17, 15) is 8.42 Å². The number of hydrogen-bond acceptors (Lipinski definition) is 3. The summed E-state index contributed by atoms with van der Waals surface area (Å²) in [6.07, 6.45) is 2.70. The molecule has 19 heavy (non-hydrogen) atoms. The third kappa shape index (κ3) is 5.74. The van der Waals surface area contributed by atoms with Crippen molar-refractivity contribution in [3.63, 3.8) is 0 Å². The van der Waals surface area contributed by atoms with E-state index in [0.717, 1.165) is 24.9 Å². The molecule has 0 aliphatic carbocycles. The second kappa shape index (κ2) is 7.65. The van der Waals surface area contributed by atoms with Crippen LogP contribution in [0.4, 0.5) is 0 Å². The quantitative estimate of drug-likeness (QED) is 0.798. The van der Waals surface area contributed by atoms with Gasteiger partial charge in [0.05, 0.1) is 10.6 Å². The Morgan fingerprint density at radius 3 is 2.68 bits per heavy atom. The zero-order chi connectivity index (χ0) is 14.3. The second-order valence-electron chi connectivity index (χ2n) is 5.13. The first-order valence-electron chi connectivity index (χ1n) is 6.98. The van der Waals surface area contributed by atoms with E-state index in [1.165, 1.54) is 0 Å². The Morgan fingerprint density at radius 1 is 1.32 bits per heavy atom. The largest absolute Gasteiger partial charge is 0.314 e. The molecule has 4 heteroatoms. The summed E-state index contributed by atoms with van der Waals surface area (Å²) in [4.78, 5) is 0.446. The summed E-state index contributed by atoms with van der Waals surface area (Å²) in [6, 6.07) is 7.52. The molecule has 1 unspecified atom stereocenters. The van der Waals surface area contributed by atoms with Crippen LogP contribution in [0.1, 0.15) is 38.7 Å². The highest BCUT2D eigenvalue weighted by Gasteiger charge is 2.14. The number of hydrogen-bond donors (Lipinski definition) is 1. The summed E-state index contributed by atoms with van der Waals surface area (Å²) in [5.41, 5.74) is 0.985. The molecule has 0 fully saturated rings. The van der Waals surface area contributed by atoms with Crippen LogP contribution in [0.25, 0.3) is 0 Å². The Kier molecular flexibility index (Phi) is 6.52. The van der Waals surface area contributed by atoms with Gasteiger partial charge in [-0.2, -0.15) is 0 Å². The summed E-state index contributed by atoms with van der Waals surface area (Å²) in [5, 5.41) is 3.37. The van der Waals surface area contributed by atoms with Crippen LogP contribution in [-0.4, -0.2) is 26.8 Å². The molecule has 0 saturated heterocycles. The number of rotatable bonds is 8. The van der Waals surface area contributed by atoms with E-state index >= 15 is 0 Å². The smallest absolute Gasteiger partial charge is 0.178 e. The number of nitrogens with one attached hydrogen (secondary N) is 1. The normalized spacial score (nSPS) is 13.4. The van der Waals surface area contributed by atoms with Crippen molar-refractivity contribution in [2.75, 3.05) is 12.3 Å². The van der Waals surface area contributed by atoms with Gasteiger partial charge < -0.3 is 5.32 Å². The van der Waals surface area contributed by atoms with E-state index in [4.69, 9.17) is 0 Å². The van der Waals surface area contributed by atoms with Gasteiger partial charge in [0.2, 0.25) is 0 Å². The van der Waals surface area contributed by atoms with E-state index in [1.54, 1.807) is 18.2 Å². The van der Waals surface area contributed by atoms with Crippen LogP contribution in [0.15, 0.2) is 29.2 Å². The molecule has 1 N–H and O–H groups in total. The van der Waals surface area contributed by atoms with Crippen molar-refractivity contribution < 1.29 is 8.42 Å². The molecular weight excluding hydrogens is 258 g/mol. The fraction of sp³-hybridized carbons (Fsp3) is 0.600. The Bertz CT molecular complexity index is 483. The minimum atomic E-state index is -3.13. The van der Waals surface area contributed by atoms with Gasteiger partial charge in [-0.05, 0) is 57.4 Å². The molecular formula is C15H25NO2S. The van der Waals surface area contributed by atoms with Crippen LogP contribution in [0.2, 0.25) is 0 Å². The lowest BCUT2D eigenvalue weighted by Gasteiger charge is -2.13. The van der Waals surface area contributed by atoms with Crippen molar-refractivity contribution in [2.24, 2.45) is 0 Å². The molecule has 0 bridgehead atoms. The van der Waals surface area contributed by atoms with Gasteiger partial charge in [0.15, 0.2) is 9.84 Å². The van der Waals surface area contributed by atoms with Crippen molar-refractivity contribution in [1.29, 1.82) is 0 Å². The predicted molar refractivity (Wildman–Crippen MR) is 80.2 cm³/mol. The highest BCUT2D eigenvalue weighted by Crippen LogP contribution is 2.14. The summed E-state index contributed by atoms with van der Waals surface area (Å²) in [5.74, 6) is 0.231. The first-order chi connectivity index (χ1) is 8.95. The van der Waals surface area contributed by atoms with Gasteiger partial charge in [0.1, 0.15) is 0 Å². The molecule has 0 aromatic heterocycles. The fourth-order valence-corrected chi connectivity index (χ4v) is 3.43. The number of aryl methyl sites for hydroxylation is 1. The third-order valence-electron chi connectivity index (χ3n) is 3.14. The van der Waals surface area contributed by atoms with Crippen molar-refractivity contribution in [1.82, 2.24) is 5.32 Å². The first-order valence-corrected chi connectivity index (χ1v) is 8.63. The summed E-state index contributed by atoms with van der Waals surface area (Å²) >= 11 is 0. The molecule has 0 aliphatic heterocycles. The SMILES string of the molecule is CCCNC(C)CCCS(=O)(=O)c1cccc(C)c1. The third-order valence-corrected chi connectivity index (χ3v) is 4.94. The van der Waals surface area contributed by atoms with E-state index in [2.05, 4.69) is 19.2 Å². The van der Waals surface area contributed by atoms with E-state index in [0.29, 0.717) is 17.4 Å². The maximum atomic E-state index is 12.2. The summed E-state index contributed by atoms with van der Waals surface area (Å²) in [6.45, 7) is 7.14. The molecule has 1 aromatic rings. The Hall–Kier alpha value is -0.870. The monoisotopic (exact) mass is 283 g/mol. The standard InChI is InChI=1S/C15H25NO2S/c1-4-10-16-14(3)8-6-11-19(17,18)15-9-5-7-13(2)12-15/h5,7,9,12,14,16H,4,6,8,10-11H2,1-3H3. The zero-order valence-corrected chi connectivity index (χ0v) is 13.0. The minimum Gasteiger partial charge on any atom is -0.314 e. The first kappa shape index (κ1) is 16.2. The molecule has 3 nitrogen and oxygen atoms in total. The molecule has 0 aliphatic rings. The molecule has 0 spiro atoms. The maximum absolute atomic E-state index is 12.2. The van der Waals surface area contributed by atoms with Gasteiger partial charge >= 0.3 is 0 Å². The van der Waals surface area contributed by atoms with Gasteiger partial charge in [-0.3, -0.25) is 0 Å². The molecule has 0 amide bonds. The van der Waals surface area contributed by atoms with Crippen LogP contribution in [0, 0.1) is 6.92 Å². The molecule has 1 rings (SSSR count). The predicted octanol–water partition coefficient (Wildman–Crippen LogP) is 2.94.